The van der Waals surface area contributed by atoms with Crippen LogP contribution >= 0.6 is 0 Å². The number of hydrogen-bond acceptors (Lipinski definition) is 2. The van der Waals surface area contributed by atoms with Crippen molar-refractivity contribution in [2.75, 3.05) is 13.1 Å². The molecule has 2 fully saturated rings. The highest BCUT2D eigenvalue weighted by Gasteiger charge is 2.33. The van der Waals surface area contributed by atoms with Crippen LogP contribution in [0.4, 0.5) is 0 Å². The van der Waals surface area contributed by atoms with Crippen LogP contribution in [-0.4, -0.2) is 33.6 Å². The molecule has 2 aromatic rings. The van der Waals surface area contributed by atoms with Gasteiger partial charge >= 0.3 is 0 Å². The normalized spacial score (nSPS) is 25.3. The lowest BCUT2D eigenvalue weighted by atomic mass is 9.83. The van der Waals surface area contributed by atoms with Gasteiger partial charge < -0.3 is 9.47 Å². The Morgan fingerprint density at radius 3 is 2.96 bits per heavy atom. The van der Waals surface area contributed by atoms with Crippen LogP contribution in [0.2, 0.25) is 0 Å². The molecule has 0 amide bonds. The number of aromatic nitrogens is 2. The fourth-order valence-electron chi connectivity index (χ4n) is 4.54. The van der Waals surface area contributed by atoms with Crippen molar-refractivity contribution in [2.45, 2.75) is 51.6 Å². The van der Waals surface area contributed by atoms with E-state index in [0.29, 0.717) is 0 Å². The van der Waals surface area contributed by atoms with Crippen molar-refractivity contribution in [2.24, 2.45) is 5.92 Å². The van der Waals surface area contributed by atoms with Gasteiger partial charge in [0.2, 0.25) is 0 Å². The molecule has 3 heterocycles. The molecule has 2 saturated heterocycles. The summed E-state index contributed by atoms with van der Waals surface area (Å²) in [6, 6.07) is 9.50. The SMILES string of the molecule is Cc1cccc(-c2nccn2C[C@@H]2CCCN3CCCC[C@H]23)c1. The third-order valence-corrected chi connectivity index (χ3v) is 5.65. The fraction of sp³-hybridized carbons (Fsp3) is 0.550. The molecule has 4 rings (SSSR count). The third kappa shape index (κ3) is 3.07. The van der Waals surface area contributed by atoms with Crippen LogP contribution in [0.1, 0.15) is 37.7 Å². The van der Waals surface area contributed by atoms with E-state index in [-0.39, 0.29) is 0 Å². The molecule has 0 unspecified atom stereocenters. The molecule has 2 aliphatic rings. The summed E-state index contributed by atoms with van der Waals surface area (Å²) in [7, 11) is 0. The average molecular weight is 309 g/mol. The maximum absolute atomic E-state index is 4.65. The first-order valence-corrected chi connectivity index (χ1v) is 9.13. The number of imidazole rings is 1. The molecule has 122 valence electrons. The molecule has 1 aromatic carbocycles. The number of benzene rings is 1. The monoisotopic (exact) mass is 309 g/mol. The second-order valence-electron chi connectivity index (χ2n) is 7.27. The number of fused-ring (bicyclic) bond motifs is 1. The topological polar surface area (TPSA) is 21.1 Å². The first kappa shape index (κ1) is 14.9. The highest BCUT2D eigenvalue weighted by molar-refractivity contribution is 5.56. The number of hydrogen-bond donors (Lipinski definition) is 0. The second-order valence-corrected chi connectivity index (χ2v) is 7.27. The molecule has 0 saturated carbocycles. The van der Waals surface area contributed by atoms with Crippen molar-refractivity contribution < 1.29 is 0 Å². The predicted molar refractivity (Wildman–Crippen MR) is 94.3 cm³/mol. The Kier molecular flexibility index (Phi) is 4.21. The van der Waals surface area contributed by atoms with Gasteiger partial charge in [0.25, 0.3) is 0 Å². The van der Waals surface area contributed by atoms with Crippen molar-refractivity contribution >= 4 is 0 Å². The van der Waals surface area contributed by atoms with E-state index in [1.807, 2.05) is 6.20 Å². The van der Waals surface area contributed by atoms with Gasteiger partial charge in [0.15, 0.2) is 0 Å². The van der Waals surface area contributed by atoms with E-state index < -0.39 is 0 Å². The Morgan fingerprint density at radius 1 is 1.13 bits per heavy atom. The standard InChI is InChI=1S/C20H27N3/c1-16-6-4-7-17(14-16)20-21-10-13-23(20)15-18-8-5-12-22-11-3-2-9-19(18)22/h4,6-7,10,13-14,18-19H,2-3,5,8-9,11-12,15H2,1H3/t18-,19+/m0/s1. The zero-order chi connectivity index (χ0) is 15.6. The largest absolute Gasteiger partial charge is 0.331 e. The molecule has 0 aliphatic carbocycles. The lowest BCUT2D eigenvalue weighted by molar-refractivity contribution is 0.0521. The van der Waals surface area contributed by atoms with E-state index in [1.54, 1.807) is 0 Å². The molecule has 3 nitrogen and oxygen atoms in total. The van der Waals surface area contributed by atoms with Crippen molar-refractivity contribution in [1.29, 1.82) is 0 Å². The molecule has 0 N–H and O–H groups in total. The van der Waals surface area contributed by atoms with E-state index in [4.69, 9.17) is 0 Å². The molecule has 23 heavy (non-hydrogen) atoms. The zero-order valence-electron chi connectivity index (χ0n) is 14.1. The van der Waals surface area contributed by atoms with Gasteiger partial charge in [-0.25, -0.2) is 4.98 Å². The van der Waals surface area contributed by atoms with Crippen LogP contribution in [0.3, 0.4) is 0 Å². The van der Waals surface area contributed by atoms with E-state index in [0.717, 1.165) is 24.3 Å². The number of piperidine rings is 2. The van der Waals surface area contributed by atoms with Gasteiger partial charge in [0.1, 0.15) is 5.82 Å². The summed E-state index contributed by atoms with van der Waals surface area (Å²) in [6.07, 6.45) is 11.0. The Morgan fingerprint density at radius 2 is 2.04 bits per heavy atom. The fourth-order valence-corrected chi connectivity index (χ4v) is 4.54. The molecular formula is C20H27N3. The van der Waals surface area contributed by atoms with Gasteiger partial charge in [0.05, 0.1) is 0 Å². The number of nitrogens with zero attached hydrogens (tertiary/aromatic N) is 3. The Bertz CT molecular complexity index is 658. The minimum absolute atomic E-state index is 0.779. The summed E-state index contributed by atoms with van der Waals surface area (Å²) in [6.45, 7) is 5.90. The van der Waals surface area contributed by atoms with Gasteiger partial charge in [0, 0.05) is 30.5 Å². The van der Waals surface area contributed by atoms with E-state index in [1.165, 1.54) is 56.3 Å². The molecule has 0 spiro atoms. The summed E-state index contributed by atoms with van der Waals surface area (Å²) >= 11 is 0. The lowest BCUT2D eigenvalue weighted by Crippen LogP contribution is -2.49. The number of rotatable bonds is 3. The van der Waals surface area contributed by atoms with Crippen molar-refractivity contribution in [1.82, 2.24) is 14.5 Å². The smallest absolute Gasteiger partial charge is 0.139 e. The van der Waals surface area contributed by atoms with E-state index >= 15 is 0 Å². The summed E-state index contributed by atoms with van der Waals surface area (Å²) in [5.74, 6) is 1.91. The first-order chi connectivity index (χ1) is 11.3. The first-order valence-electron chi connectivity index (χ1n) is 9.13. The average Bonchev–Trinajstić information content (AvgIpc) is 3.03. The maximum Gasteiger partial charge on any atom is 0.139 e. The quantitative estimate of drug-likeness (QED) is 0.850. The Balaban J connectivity index is 1.56. The van der Waals surface area contributed by atoms with Crippen molar-refractivity contribution in [3.63, 3.8) is 0 Å². The van der Waals surface area contributed by atoms with E-state index in [9.17, 15) is 0 Å². The molecular weight excluding hydrogens is 282 g/mol. The summed E-state index contributed by atoms with van der Waals surface area (Å²) in [4.78, 5) is 7.40. The number of aryl methyl sites for hydroxylation is 1. The van der Waals surface area contributed by atoms with Crippen molar-refractivity contribution in [3.05, 3.63) is 42.2 Å². The van der Waals surface area contributed by atoms with Crippen LogP contribution in [0.5, 0.6) is 0 Å². The molecule has 2 atom stereocenters. The van der Waals surface area contributed by atoms with Gasteiger partial charge in [-0.15, -0.1) is 0 Å². The predicted octanol–water partition coefficient (Wildman–Crippen LogP) is 4.12. The summed E-state index contributed by atoms with van der Waals surface area (Å²) in [5, 5.41) is 0. The molecule has 3 heteroatoms. The van der Waals surface area contributed by atoms with Gasteiger partial charge in [-0.05, 0) is 57.7 Å². The minimum Gasteiger partial charge on any atom is -0.331 e. The molecule has 0 radical (unpaired) electrons. The maximum atomic E-state index is 4.65. The van der Waals surface area contributed by atoms with Crippen molar-refractivity contribution in [3.8, 4) is 11.4 Å². The highest BCUT2D eigenvalue weighted by atomic mass is 15.2. The van der Waals surface area contributed by atoms with Crippen LogP contribution in [0, 0.1) is 12.8 Å². The van der Waals surface area contributed by atoms with Gasteiger partial charge in [-0.1, -0.05) is 30.2 Å². The van der Waals surface area contributed by atoms with Crippen LogP contribution in [-0.2, 0) is 6.54 Å². The van der Waals surface area contributed by atoms with Crippen LogP contribution in [0.25, 0.3) is 11.4 Å². The highest BCUT2D eigenvalue weighted by Crippen LogP contribution is 2.32. The molecule has 0 bridgehead atoms. The minimum atomic E-state index is 0.779. The van der Waals surface area contributed by atoms with E-state index in [2.05, 4.69) is 51.8 Å². The molecule has 2 aliphatic heterocycles. The van der Waals surface area contributed by atoms with Gasteiger partial charge in [-0.3, -0.25) is 0 Å². The van der Waals surface area contributed by atoms with Gasteiger partial charge in [-0.2, -0.15) is 0 Å². The van der Waals surface area contributed by atoms with Crippen LogP contribution < -0.4 is 0 Å². The molecule has 1 aromatic heterocycles. The summed E-state index contributed by atoms with van der Waals surface area (Å²) in [5.41, 5.74) is 2.54. The zero-order valence-corrected chi connectivity index (χ0v) is 14.1. The Labute approximate surface area is 139 Å². The van der Waals surface area contributed by atoms with Crippen LogP contribution in [0.15, 0.2) is 36.7 Å². The third-order valence-electron chi connectivity index (χ3n) is 5.65. The summed E-state index contributed by atoms with van der Waals surface area (Å²) < 4.78 is 2.39. The Hall–Kier alpha value is -1.61. The lowest BCUT2D eigenvalue weighted by Gasteiger charge is -2.44. The second kappa shape index (κ2) is 6.48.